The predicted octanol–water partition coefficient (Wildman–Crippen LogP) is 4.06. The van der Waals surface area contributed by atoms with E-state index < -0.39 is 0 Å². The lowest BCUT2D eigenvalue weighted by Crippen LogP contribution is -2.19. The predicted molar refractivity (Wildman–Crippen MR) is 81.4 cm³/mol. The van der Waals surface area contributed by atoms with Crippen LogP contribution in [0.1, 0.15) is 51.0 Å². The first-order valence-corrected chi connectivity index (χ1v) is 8.10. The Morgan fingerprint density at radius 2 is 2.05 bits per heavy atom. The lowest BCUT2D eigenvalue weighted by Gasteiger charge is -2.18. The average Bonchev–Trinajstić information content (AvgIpc) is 2.67. The maximum absolute atomic E-state index is 6.15. The highest BCUT2D eigenvalue weighted by Crippen LogP contribution is 2.25. The van der Waals surface area contributed by atoms with Crippen LogP contribution in [0, 0.1) is 0 Å². The standard InChI is InChI=1S/C15H23BrN2O/c1-2-17-10-12-9-13(16)11-18-15(12)19-14-7-5-3-4-6-8-14/h9,11,14,17H,2-8,10H2,1H3. The van der Waals surface area contributed by atoms with Crippen LogP contribution in [-0.4, -0.2) is 17.6 Å². The highest BCUT2D eigenvalue weighted by molar-refractivity contribution is 9.10. The Morgan fingerprint density at radius 1 is 1.32 bits per heavy atom. The van der Waals surface area contributed by atoms with Gasteiger partial charge in [0.05, 0.1) is 0 Å². The van der Waals surface area contributed by atoms with Gasteiger partial charge in [0.25, 0.3) is 0 Å². The second-order valence-corrected chi connectivity index (χ2v) is 6.05. The highest BCUT2D eigenvalue weighted by Gasteiger charge is 2.16. The Hall–Kier alpha value is -0.610. The van der Waals surface area contributed by atoms with Crippen molar-refractivity contribution in [2.45, 2.75) is 58.1 Å². The van der Waals surface area contributed by atoms with Gasteiger partial charge in [0.1, 0.15) is 6.10 Å². The molecule has 2 rings (SSSR count). The van der Waals surface area contributed by atoms with Crippen LogP contribution in [0.4, 0.5) is 0 Å². The molecule has 1 aliphatic carbocycles. The molecule has 1 N–H and O–H groups in total. The molecular weight excluding hydrogens is 304 g/mol. The molecule has 0 amide bonds. The molecule has 1 aliphatic rings. The van der Waals surface area contributed by atoms with Gasteiger partial charge in [0.2, 0.25) is 5.88 Å². The minimum atomic E-state index is 0.344. The van der Waals surface area contributed by atoms with Crippen molar-refractivity contribution in [3.05, 3.63) is 22.3 Å². The molecule has 1 aromatic heterocycles. The zero-order valence-electron chi connectivity index (χ0n) is 11.6. The lowest BCUT2D eigenvalue weighted by atomic mass is 10.1. The zero-order valence-corrected chi connectivity index (χ0v) is 13.2. The molecule has 3 nitrogen and oxygen atoms in total. The van der Waals surface area contributed by atoms with E-state index in [1.807, 2.05) is 6.20 Å². The summed E-state index contributed by atoms with van der Waals surface area (Å²) in [5.74, 6) is 0.802. The topological polar surface area (TPSA) is 34.2 Å². The van der Waals surface area contributed by atoms with Gasteiger partial charge < -0.3 is 10.1 Å². The maximum atomic E-state index is 6.15. The second kappa shape index (κ2) is 7.85. The number of rotatable bonds is 5. The van der Waals surface area contributed by atoms with Gasteiger partial charge >= 0.3 is 0 Å². The third kappa shape index (κ3) is 4.77. The van der Waals surface area contributed by atoms with Crippen LogP contribution in [0.3, 0.4) is 0 Å². The molecule has 0 bridgehead atoms. The van der Waals surface area contributed by atoms with Gasteiger partial charge in [-0.2, -0.15) is 0 Å². The van der Waals surface area contributed by atoms with Crippen LogP contribution in [0.5, 0.6) is 5.88 Å². The number of aromatic nitrogens is 1. The summed E-state index contributed by atoms with van der Waals surface area (Å²) in [6.45, 7) is 3.87. The Balaban J connectivity index is 2.04. The van der Waals surface area contributed by atoms with Gasteiger partial charge in [-0.3, -0.25) is 0 Å². The SMILES string of the molecule is CCNCc1cc(Br)cnc1OC1CCCCCC1. The first kappa shape index (κ1) is 14.8. The number of hydrogen-bond donors (Lipinski definition) is 1. The molecule has 0 radical (unpaired) electrons. The minimum absolute atomic E-state index is 0.344. The summed E-state index contributed by atoms with van der Waals surface area (Å²) in [6, 6.07) is 2.10. The smallest absolute Gasteiger partial charge is 0.218 e. The largest absolute Gasteiger partial charge is 0.474 e. The van der Waals surface area contributed by atoms with Crippen LogP contribution in [0.2, 0.25) is 0 Å². The minimum Gasteiger partial charge on any atom is -0.474 e. The van der Waals surface area contributed by atoms with Gasteiger partial charge in [-0.1, -0.05) is 19.8 Å². The monoisotopic (exact) mass is 326 g/mol. The quantitative estimate of drug-likeness (QED) is 0.828. The molecular formula is C15H23BrN2O. The summed E-state index contributed by atoms with van der Waals surface area (Å²) in [4.78, 5) is 4.45. The van der Waals surface area contributed by atoms with Crippen LogP contribution in [0.15, 0.2) is 16.7 Å². The van der Waals surface area contributed by atoms with Gasteiger partial charge in [-0.05, 0) is 54.2 Å². The number of pyridine rings is 1. The molecule has 1 aromatic rings. The third-order valence-corrected chi connectivity index (χ3v) is 3.97. The molecule has 4 heteroatoms. The Morgan fingerprint density at radius 3 is 2.74 bits per heavy atom. The Bertz CT molecular complexity index is 390. The molecule has 0 aliphatic heterocycles. The zero-order chi connectivity index (χ0) is 13.5. The van der Waals surface area contributed by atoms with Crippen LogP contribution >= 0.6 is 15.9 Å². The van der Waals surface area contributed by atoms with Crippen molar-refractivity contribution in [1.82, 2.24) is 10.3 Å². The molecule has 1 saturated carbocycles. The van der Waals surface area contributed by atoms with E-state index in [4.69, 9.17) is 4.74 Å². The van der Waals surface area contributed by atoms with Crippen molar-refractivity contribution in [3.8, 4) is 5.88 Å². The molecule has 1 fully saturated rings. The third-order valence-electron chi connectivity index (χ3n) is 3.54. The van der Waals surface area contributed by atoms with E-state index in [1.165, 1.54) is 38.5 Å². The number of nitrogens with zero attached hydrogens (tertiary/aromatic N) is 1. The molecule has 19 heavy (non-hydrogen) atoms. The van der Waals surface area contributed by atoms with Gasteiger partial charge in [-0.25, -0.2) is 4.98 Å². The molecule has 0 spiro atoms. The van der Waals surface area contributed by atoms with E-state index in [0.717, 1.165) is 29.0 Å². The average molecular weight is 327 g/mol. The van der Waals surface area contributed by atoms with Crippen molar-refractivity contribution in [3.63, 3.8) is 0 Å². The summed E-state index contributed by atoms with van der Waals surface area (Å²) in [6.07, 6.45) is 9.75. The fraction of sp³-hybridized carbons (Fsp3) is 0.667. The van der Waals surface area contributed by atoms with E-state index in [0.29, 0.717) is 6.10 Å². The molecule has 0 saturated heterocycles. The van der Waals surface area contributed by atoms with E-state index >= 15 is 0 Å². The van der Waals surface area contributed by atoms with Crippen LogP contribution < -0.4 is 10.1 Å². The van der Waals surface area contributed by atoms with Crippen LogP contribution in [-0.2, 0) is 6.54 Å². The van der Waals surface area contributed by atoms with Gasteiger partial charge in [-0.15, -0.1) is 0 Å². The first-order chi connectivity index (χ1) is 9.29. The number of hydrogen-bond acceptors (Lipinski definition) is 3. The van der Waals surface area contributed by atoms with Crippen molar-refractivity contribution < 1.29 is 4.74 Å². The number of ether oxygens (including phenoxy) is 1. The Kier molecular flexibility index (Phi) is 6.11. The summed E-state index contributed by atoms with van der Waals surface area (Å²) >= 11 is 3.48. The summed E-state index contributed by atoms with van der Waals surface area (Å²) in [7, 11) is 0. The molecule has 0 unspecified atom stereocenters. The fourth-order valence-corrected chi connectivity index (χ4v) is 2.86. The fourth-order valence-electron chi connectivity index (χ4n) is 2.48. The molecule has 0 atom stereocenters. The number of halogens is 1. The Labute approximate surface area is 124 Å². The van der Waals surface area contributed by atoms with Gasteiger partial charge in [0, 0.05) is 22.8 Å². The van der Waals surface area contributed by atoms with Crippen molar-refractivity contribution in [2.75, 3.05) is 6.54 Å². The van der Waals surface area contributed by atoms with E-state index in [-0.39, 0.29) is 0 Å². The van der Waals surface area contributed by atoms with Gasteiger partial charge in [0.15, 0.2) is 0 Å². The lowest BCUT2D eigenvalue weighted by molar-refractivity contribution is 0.174. The van der Waals surface area contributed by atoms with Crippen molar-refractivity contribution >= 4 is 15.9 Å². The summed E-state index contributed by atoms with van der Waals surface area (Å²) in [5.41, 5.74) is 1.14. The summed E-state index contributed by atoms with van der Waals surface area (Å²) < 4.78 is 7.15. The van der Waals surface area contributed by atoms with Crippen LogP contribution in [0.25, 0.3) is 0 Å². The molecule has 106 valence electrons. The molecule has 0 aromatic carbocycles. The van der Waals surface area contributed by atoms with E-state index in [2.05, 4.69) is 39.2 Å². The maximum Gasteiger partial charge on any atom is 0.218 e. The van der Waals surface area contributed by atoms with E-state index in [9.17, 15) is 0 Å². The van der Waals surface area contributed by atoms with Crippen molar-refractivity contribution in [2.24, 2.45) is 0 Å². The normalized spacial score (nSPS) is 17.2. The van der Waals surface area contributed by atoms with E-state index in [1.54, 1.807) is 0 Å². The molecule has 1 heterocycles. The highest BCUT2D eigenvalue weighted by atomic mass is 79.9. The van der Waals surface area contributed by atoms with Crippen molar-refractivity contribution in [1.29, 1.82) is 0 Å². The number of nitrogens with one attached hydrogen (secondary N) is 1. The summed E-state index contributed by atoms with van der Waals surface area (Å²) in [5, 5.41) is 3.34. The first-order valence-electron chi connectivity index (χ1n) is 7.31. The second-order valence-electron chi connectivity index (χ2n) is 5.13.